The fourth-order valence-corrected chi connectivity index (χ4v) is 2.59. The summed E-state index contributed by atoms with van der Waals surface area (Å²) in [6.45, 7) is 4.17. The van der Waals surface area contributed by atoms with E-state index in [9.17, 15) is 4.79 Å². The van der Waals surface area contributed by atoms with Crippen LogP contribution in [0.4, 0.5) is 0 Å². The molecule has 0 aromatic heterocycles. The van der Waals surface area contributed by atoms with Gasteiger partial charge < -0.3 is 4.74 Å². The van der Waals surface area contributed by atoms with Gasteiger partial charge in [-0.15, -0.1) is 0 Å². The summed E-state index contributed by atoms with van der Waals surface area (Å²) in [5.41, 5.74) is 1.36. The predicted octanol–water partition coefficient (Wildman–Crippen LogP) is 2.60. The van der Waals surface area contributed by atoms with Crippen LogP contribution in [-0.4, -0.2) is 30.1 Å². The maximum absolute atomic E-state index is 10.8. The Kier molecular flexibility index (Phi) is 4.76. The lowest BCUT2D eigenvalue weighted by Gasteiger charge is -2.24. The van der Waals surface area contributed by atoms with Gasteiger partial charge in [0.05, 0.1) is 6.61 Å². The summed E-state index contributed by atoms with van der Waals surface area (Å²) in [6, 6.07) is 11.1. The molecule has 2 rings (SSSR count). The van der Waals surface area contributed by atoms with Gasteiger partial charge in [-0.3, -0.25) is 9.69 Å². The molecule has 0 bridgehead atoms. The number of carbonyl (C=O) groups excluding carboxylic acids is 1. The SMILES string of the molecule is CC(=O)OCCC1CCCN1Cc1ccccc1. The van der Waals surface area contributed by atoms with Crippen LogP contribution in [0.3, 0.4) is 0 Å². The van der Waals surface area contributed by atoms with Crippen LogP contribution in [0.1, 0.15) is 31.7 Å². The summed E-state index contributed by atoms with van der Waals surface area (Å²) < 4.78 is 5.04. The third-order valence-corrected chi connectivity index (χ3v) is 3.48. The molecule has 18 heavy (non-hydrogen) atoms. The Hall–Kier alpha value is -1.35. The Morgan fingerprint density at radius 2 is 2.17 bits per heavy atom. The number of nitrogens with zero attached hydrogens (tertiary/aromatic N) is 1. The molecule has 3 heteroatoms. The van der Waals surface area contributed by atoms with Gasteiger partial charge in [0.1, 0.15) is 0 Å². The van der Waals surface area contributed by atoms with E-state index in [0.29, 0.717) is 12.6 Å². The second kappa shape index (κ2) is 6.55. The normalized spacial score (nSPS) is 19.9. The summed E-state index contributed by atoms with van der Waals surface area (Å²) in [6.07, 6.45) is 3.41. The number of hydrogen-bond donors (Lipinski definition) is 0. The standard InChI is InChI=1S/C15H21NO2/c1-13(17)18-11-9-15-8-5-10-16(15)12-14-6-3-2-4-7-14/h2-4,6-7,15H,5,8-12H2,1H3. The van der Waals surface area contributed by atoms with Crippen molar-refractivity contribution in [2.75, 3.05) is 13.2 Å². The lowest BCUT2D eigenvalue weighted by Crippen LogP contribution is -2.30. The van der Waals surface area contributed by atoms with E-state index >= 15 is 0 Å². The highest BCUT2D eigenvalue weighted by atomic mass is 16.5. The van der Waals surface area contributed by atoms with E-state index in [4.69, 9.17) is 4.74 Å². The van der Waals surface area contributed by atoms with Gasteiger partial charge in [-0.05, 0) is 31.4 Å². The second-order valence-electron chi connectivity index (χ2n) is 4.88. The van der Waals surface area contributed by atoms with E-state index in [1.165, 1.54) is 25.3 Å². The fraction of sp³-hybridized carbons (Fsp3) is 0.533. The zero-order valence-electron chi connectivity index (χ0n) is 11.0. The van der Waals surface area contributed by atoms with Gasteiger partial charge >= 0.3 is 5.97 Å². The molecule has 0 saturated carbocycles. The molecular formula is C15H21NO2. The number of ether oxygens (including phenoxy) is 1. The molecule has 1 saturated heterocycles. The number of likely N-dealkylation sites (tertiary alicyclic amines) is 1. The lowest BCUT2D eigenvalue weighted by atomic mass is 10.1. The van der Waals surface area contributed by atoms with Crippen LogP contribution in [0.2, 0.25) is 0 Å². The van der Waals surface area contributed by atoms with Gasteiger partial charge in [-0.2, -0.15) is 0 Å². The zero-order valence-corrected chi connectivity index (χ0v) is 11.0. The van der Waals surface area contributed by atoms with Crippen molar-refractivity contribution in [3.8, 4) is 0 Å². The summed E-state index contributed by atoms with van der Waals surface area (Å²) in [5, 5.41) is 0. The van der Waals surface area contributed by atoms with E-state index in [1.807, 2.05) is 6.07 Å². The van der Waals surface area contributed by atoms with Crippen LogP contribution in [0, 0.1) is 0 Å². The summed E-state index contributed by atoms with van der Waals surface area (Å²) in [5.74, 6) is -0.178. The molecule has 0 aliphatic carbocycles. The first-order valence-corrected chi connectivity index (χ1v) is 6.67. The van der Waals surface area contributed by atoms with Gasteiger partial charge in [0, 0.05) is 19.5 Å². The number of carbonyl (C=O) groups is 1. The number of hydrogen-bond acceptors (Lipinski definition) is 3. The minimum atomic E-state index is -0.178. The first-order valence-electron chi connectivity index (χ1n) is 6.67. The molecule has 1 atom stereocenters. The summed E-state index contributed by atoms with van der Waals surface area (Å²) in [7, 11) is 0. The van der Waals surface area contributed by atoms with Gasteiger partial charge in [-0.25, -0.2) is 0 Å². The topological polar surface area (TPSA) is 29.5 Å². The van der Waals surface area contributed by atoms with Crippen LogP contribution < -0.4 is 0 Å². The molecule has 1 heterocycles. The molecule has 0 N–H and O–H groups in total. The van der Waals surface area contributed by atoms with Crippen molar-refractivity contribution in [2.24, 2.45) is 0 Å². The van der Waals surface area contributed by atoms with Gasteiger partial charge in [0.15, 0.2) is 0 Å². The Morgan fingerprint density at radius 3 is 2.89 bits per heavy atom. The summed E-state index contributed by atoms with van der Waals surface area (Å²) >= 11 is 0. The smallest absolute Gasteiger partial charge is 0.302 e. The maximum atomic E-state index is 10.8. The minimum Gasteiger partial charge on any atom is -0.466 e. The average molecular weight is 247 g/mol. The monoisotopic (exact) mass is 247 g/mol. The largest absolute Gasteiger partial charge is 0.466 e. The molecule has 98 valence electrons. The maximum Gasteiger partial charge on any atom is 0.302 e. The molecule has 0 amide bonds. The first kappa shape index (κ1) is 13.1. The van der Waals surface area contributed by atoms with Crippen molar-refractivity contribution in [3.05, 3.63) is 35.9 Å². The van der Waals surface area contributed by atoms with Crippen LogP contribution >= 0.6 is 0 Å². The van der Waals surface area contributed by atoms with Crippen molar-refractivity contribution >= 4 is 5.97 Å². The van der Waals surface area contributed by atoms with Crippen LogP contribution in [-0.2, 0) is 16.1 Å². The fourth-order valence-electron chi connectivity index (χ4n) is 2.59. The van der Waals surface area contributed by atoms with E-state index in [1.54, 1.807) is 0 Å². The lowest BCUT2D eigenvalue weighted by molar-refractivity contribution is -0.141. The van der Waals surface area contributed by atoms with Crippen molar-refractivity contribution in [2.45, 2.75) is 38.8 Å². The molecule has 1 aromatic rings. The van der Waals surface area contributed by atoms with Crippen molar-refractivity contribution in [1.82, 2.24) is 4.90 Å². The van der Waals surface area contributed by atoms with E-state index in [2.05, 4.69) is 29.2 Å². The van der Waals surface area contributed by atoms with Crippen molar-refractivity contribution < 1.29 is 9.53 Å². The van der Waals surface area contributed by atoms with Crippen LogP contribution in [0.25, 0.3) is 0 Å². The molecule has 0 spiro atoms. The van der Waals surface area contributed by atoms with Crippen molar-refractivity contribution in [3.63, 3.8) is 0 Å². The quantitative estimate of drug-likeness (QED) is 0.749. The third kappa shape index (κ3) is 3.84. The van der Waals surface area contributed by atoms with Crippen LogP contribution in [0.5, 0.6) is 0 Å². The summed E-state index contributed by atoms with van der Waals surface area (Å²) in [4.78, 5) is 13.3. The van der Waals surface area contributed by atoms with Crippen LogP contribution in [0.15, 0.2) is 30.3 Å². The Bertz CT molecular complexity index is 377. The third-order valence-electron chi connectivity index (χ3n) is 3.48. The Morgan fingerprint density at radius 1 is 1.39 bits per heavy atom. The highest BCUT2D eigenvalue weighted by Crippen LogP contribution is 2.22. The highest BCUT2D eigenvalue weighted by Gasteiger charge is 2.24. The molecule has 1 fully saturated rings. The molecular weight excluding hydrogens is 226 g/mol. The predicted molar refractivity (Wildman–Crippen MR) is 71.1 cm³/mol. The minimum absolute atomic E-state index is 0.178. The second-order valence-corrected chi connectivity index (χ2v) is 4.88. The zero-order chi connectivity index (χ0) is 12.8. The van der Waals surface area contributed by atoms with Gasteiger partial charge in [0.25, 0.3) is 0 Å². The van der Waals surface area contributed by atoms with Crippen molar-refractivity contribution in [1.29, 1.82) is 0 Å². The van der Waals surface area contributed by atoms with Gasteiger partial charge in [-0.1, -0.05) is 30.3 Å². The Labute approximate surface area is 109 Å². The Balaban J connectivity index is 1.82. The molecule has 1 aromatic carbocycles. The molecule has 1 aliphatic rings. The van der Waals surface area contributed by atoms with E-state index in [-0.39, 0.29) is 5.97 Å². The van der Waals surface area contributed by atoms with E-state index in [0.717, 1.165) is 19.5 Å². The number of rotatable bonds is 5. The molecule has 1 unspecified atom stereocenters. The number of esters is 1. The molecule has 1 aliphatic heterocycles. The number of benzene rings is 1. The van der Waals surface area contributed by atoms with E-state index < -0.39 is 0 Å². The molecule has 0 radical (unpaired) electrons. The highest BCUT2D eigenvalue weighted by molar-refractivity contribution is 5.65. The van der Waals surface area contributed by atoms with Gasteiger partial charge in [0.2, 0.25) is 0 Å². The first-order chi connectivity index (χ1) is 8.75. The average Bonchev–Trinajstić information content (AvgIpc) is 2.78. The molecule has 3 nitrogen and oxygen atoms in total.